The van der Waals surface area contributed by atoms with Crippen LogP contribution in [0.4, 0.5) is 4.39 Å². The number of phenolic OH excluding ortho intramolecular Hbond substituents is 1. The largest absolute Gasteiger partial charge is 0.508 e. The summed E-state index contributed by atoms with van der Waals surface area (Å²) in [6.07, 6.45) is 5.01. The minimum atomic E-state index is -0.485. The van der Waals surface area contributed by atoms with E-state index >= 15 is 0 Å². The summed E-state index contributed by atoms with van der Waals surface area (Å²) < 4.78 is 14.6. The zero-order valence-corrected chi connectivity index (χ0v) is 18.4. The summed E-state index contributed by atoms with van der Waals surface area (Å²) in [4.78, 5) is 7.21. The number of rotatable bonds is 3. The lowest BCUT2D eigenvalue weighted by Gasteiger charge is -2.51. The van der Waals surface area contributed by atoms with Gasteiger partial charge in [-0.3, -0.25) is 10.00 Å². The number of H-pyrrole nitrogens is 1. The zero-order valence-electron chi connectivity index (χ0n) is 18.4. The molecule has 1 aliphatic carbocycles. The van der Waals surface area contributed by atoms with E-state index in [4.69, 9.17) is 0 Å². The van der Waals surface area contributed by atoms with E-state index in [9.17, 15) is 9.50 Å². The van der Waals surface area contributed by atoms with E-state index in [1.54, 1.807) is 6.07 Å². The molecular weight excluding hydrogens is 393 g/mol. The summed E-state index contributed by atoms with van der Waals surface area (Å²) in [6, 6.07) is 6.18. The number of nitrogens with zero attached hydrogens (tertiary/aromatic N) is 3. The second-order valence-corrected chi connectivity index (χ2v) is 9.87. The van der Waals surface area contributed by atoms with Gasteiger partial charge in [0.2, 0.25) is 0 Å². The van der Waals surface area contributed by atoms with Gasteiger partial charge in [0.25, 0.3) is 0 Å². The van der Waals surface area contributed by atoms with E-state index in [0.717, 1.165) is 42.3 Å². The van der Waals surface area contributed by atoms with E-state index in [2.05, 4.69) is 39.2 Å². The number of aromatic hydroxyl groups is 1. The summed E-state index contributed by atoms with van der Waals surface area (Å²) in [6.45, 7) is 9.25. The van der Waals surface area contributed by atoms with Crippen LogP contribution in [0, 0.1) is 12.7 Å². The molecule has 1 saturated heterocycles. The summed E-state index contributed by atoms with van der Waals surface area (Å²) >= 11 is 0. The first-order chi connectivity index (χ1) is 14.8. The highest BCUT2D eigenvalue weighted by Gasteiger charge is 2.44. The number of aryl methyl sites for hydroxylation is 1. The number of halogens is 1. The number of aromatic nitrogens is 3. The molecule has 5 rings (SSSR count). The van der Waals surface area contributed by atoms with Crippen LogP contribution in [0.25, 0.3) is 22.3 Å². The third-order valence-corrected chi connectivity index (χ3v) is 7.19. The maximum Gasteiger partial charge on any atom is 0.156 e. The molecule has 3 N–H and O–H groups in total. The molecule has 2 aliphatic rings. The summed E-state index contributed by atoms with van der Waals surface area (Å²) in [7, 11) is 0. The summed E-state index contributed by atoms with van der Waals surface area (Å²) in [5.74, 6) is -0.578. The van der Waals surface area contributed by atoms with Crippen LogP contribution in [0.5, 0.6) is 5.75 Å². The van der Waals surface area contributed by atoms with Crippen LogP contribution < -0.4 is 5.32 Å². The lowest BCUT2D eigenvalue weighted by Crippen LogP contribution is -2.66. The predicted octanol–water partition coefficient (Wildman–Crippen LogP) is 4.27. The number of aromatic amines is 1. The van der Waals surface area contributed by atoms with Crippen molar-refractivity contribution in [2.45, 2.75) is 64.1 Å². The van der Waals surface area contributed by atoms with Crippen molar-refractivity contribution in [3.8, 4) is 17.0 Å². The van der Waals surface area contributed by atoms with Gasteiger partial charge in [-0.2, -0.15) is 5.10 Å². The number of nitrogens with one attached hydrogen (secondary N) is 2. The maximum atomic E-state index is 14.6. The normalized spacial score (nSPS) is 20.6. The van der Waals surface area contributed by atoms with Gasteiger partial charge in [-0.25, -0.2) is 9.37 Å². The van der Waals surface area contributed by atoms with E-state index in [-0.39, 0.29) is 16.8 Å². The molecule has 0 amide bonds. The molecule has 1 saturated carbocycles. The molecule has 3 heterocycles. The number of piperazine rings is 1. The Bertz CT molecular complexity index is 1130. The summed E-state index contributed by atoms with van der Waals surface area (Å²) in [5.41, 5.74) is 3.80. The summed E-state index contributed by atoms with van der Waals surface area (Å²) in [5, 5.41) is 21.8. The number of hydrogen-bond acceptors (Lipinski definition) is 5. The highest BCUT2D eigenvalue weighted by atomic mass is 19.1. The monoisotopic (exact) mass is 423 g/mol. The number of fused-ring (bicyclic) bond motifs is 1. The Morgan fingerprint density at radius 1 is 1.19 bits per heavy atom. The number of benzene rings is 1. The fraction of sp³-hybridized carbons (Fsp3) is 0.500. The van der Waals surface area contributed by atoms with Crippen molar-refractivity contribution < 1.29 is 9.50 Å². The van der Waals surface area contributed by atoms with Crippen LogP contribution in [0.15, 0.2) is 24.3 Å². The van der Waals surface area contributed by atoms with Crippen molar-refractivity contribution in [2.75, 3.05) is 13.1 Å². The van der Waals surface area contributed by atoms with Gasteiger partial charge in [-0.1, -0.05) is 12.8 Å². The van der Waals surface area contributed by atoms with Gasteiger partial charge in [-0.15, -0.1) is 0 Å². The number of hydrogen-bond donors (Lipinski definition) is 3. The molecule has 1 spiro atoms. The molecular formula is C24H30FN5O. The van der Waals surface area contributed by atoms with Gasteiger partial charge < -0.3 is 10.4 Å². The molecule has 3 aromatic rings. The molecule has 1 aliphatic heterocycles. The standard InChI is InChI=1S/C24H30FN5O/c1-15-21-16(12-30-14-24(8-4-5-9-24)26-13-23(30,2)3)10-20(27-22(21)29-28-15)18-7-6-17(31)11-19(18)25/h6-7,10-11,26,31H,4-5,8-9,12-14H2,1-3H3,(H,27,28,29). The Hall–Kier alpha value is -2.51. The van der Waals surface area contributed by atoms with Crippen LogP contribution in [0.2, 0.25) is 0 Å². The van der Waals surface area contributed by atoms with Gasteiger partial charge in [0.1, 0.15) is 11.6 Å². The minimum absolute atomic E-state index is 0.00498. The van der Waals surface area contributed by atoms with Crippen molar-refractivity contribution in [3.63, 3.8) is 0 Å². The smallest absolute Gasteiger partial charge is 0.156 e. The van der Waals surface area contributed by atoms with Crippen molar-refractivity contribution in [1.82, 2.24) is 25.4 Å². The Kier molecular flexibility index (Phi) is 4.79. The van der Waals surface area contributed by atoms with Crippen molar-refractivity contribution >= 4 is 11.0 Å². The van der Waals surface area contributed by atoms with Crippen LogP contribution in [0.1, 0.15) is 50.8 Å². The lowest BCUT2D eigenvalue weighted by atomic mass is 9.87. The third kappa shape index (κ3) is 3.59. The number of phenols is 1. The van der Waals surface area contributed by atoms with Gasteiger partial charge >= 0.3 is 0 Å². The average molecular weight is 424 g/mol. The highest BCUT2D eigenvalue weighted by molar-refractivity contribution is 5.84. The van der Waals surface area contributed by atoms with Gasteiger partial charge in [0.05, 0.1) is 11.4 Å². The Morgan fingerprint density at radius 3 is 2.71 bits per heavy atom. The zero-order chi connectivity index (χ0) is 21.8. The number of pyridine rings is 1. The van der Waals surface area contributed by atoms with Gasteiger partial charge in [0.15, 0.2) is 5.65 Å². The third-order valence-electron chi connectivity index (χ3n) is 7.19. The fourth-order valence-corrected chi connectivity index (χ4v) is 5.26. The second-order valence-electron chi connectivity index (χ2n) is 9.87. The molecule has 7 heteroatoms. The molecule has 2 fully saturated rings. The molecule has 0 radical (unpaired) electrons. The van der Waals surface area contributed by atoms with E-state index in [1.807, 2.05) is 13.0 Å². The first-order valence-corrected chi connectivity index (χ1v) is 11.1. The van der Waals surface area contributed by atoms with E-state index in [1.165, 1.54) is 31.7 Å². The Labute approximate surface area is 181 Å². The molecule has 0 bridgehead atoms. The fourth-order valence-electron chi connectivity index (χ4n) is 5.26. The minimum Gasteiger partial charge on any atom is -0.508 e. The van der Waals surface area contributed by atoms with Crippen LogP contribution in [0.3, 0.4) is 0 Å². The average Bonchev–Trinajstić information content (AvgIpc) is 3.32. The first kappa shape index (κ1) is 20.4. The SMILES string of the molecule is Cc1n[nH]c2nc(-c3ccc(O)cc3F)cc(CN3CC4(CCCC4)NCC3(C)C)c12. The van der Waals surface area contributed by atoms with Crippen LogP contribution >= 0.6 is 0 Å². The van der Waals surface area contributed by atoms with Gasteiger partial charge in [0, 0.05) is 47.7 Å². The van der Waals surface area contributed by atoms with Crippen molar-refractivity contribution in [3.05, 3.63) is 41.3 Å². The predicted molar refractivity (Wildman–Crippen MR) is 119 cm³/mol. The molecule has 0 unspecified atom stereocenters. The lowest BCUT2D eigenvalue weighted by molar-refractivity contribution is 0.0220. The Morgan fingerprint density at radius 2 is 1.97 bits per heavy atom. The van der Waals surface area contributed by atoms with Gasteiger partial charge in [-0.05, 0) is 57.4 Å². The molecule has 6 nitrogen and oxygen atoms in total. The topological polar surface area (TPSA) is 77.1 Å². The van der Waals surface area contributed by atoms with Crippen LogP contribution in [-0.4, -0.2) is 49.4 Å². The molecule has 0 atom stereocenters. The second kappa shape index (κ2) is 7.28. The van der Waals surface area contributed by atoms with Crippen molar-refractivity contribution in [2.24, 2.45) is 0 Å². The molecule has 164 valence electrons. The molecule has 31 heavy (non-hydrogen) atoms. The van der Waals surface area contributed by atoms with Crippen LogP contribution in [-0.2, 0) is 6.54 Å². The van der Waals surface area contributed by atoms with Crippen molar-refractivity contribution in [1.29, 1.82) is 0 Å². The highest BCUT2D eigenvalue weighted by Crippen LogP contribution is 2.37. The molecule has 1 aromatic carbocycles. The van der Waals surface area contributed by atoms with E-state index < -0.39 is 5.82 Å². The van der Waals surface area contributed by atoms with E-state index in [0.29, 0.717) is 16.9 Å². The first-order valence-electron chi connectivity index (χ1n) is 11.1. The molecule has 2 aromatic heterocycles. The maximum absolute atomic E-state index is 14.6. The Balaban J connectivity index is 1.57. The quantitative estimate of drug-likeness (QED) is 0.586.